The molecule has 0 N–H and O–H groups in total. The number of fused-ring (bicyclic) bond motifs is 3. The monoisotopic (exact) mass is 512 g/mol. The maximum absolute atomic E-state index is 14.0. The predicted molar refractivity (Wildman–Crippen MR) is 132 cm³/mol. The molecule has 2 aliphatic rings. The number of rotatable bonds is 4. The maximum Gasteiger partial charge on any atom is 0.329 e. The van der Waals surface area contributed by atoms with E-state index >= 15 is 0 Å². The van der Waals surface area contributed by atoms with Crippen LogP contribution in [-0.4, -0.2) is 29.8 Å². The Hall–Kier alpha value is -3.69. The average molecular weight is 513 g/mol. The van der Waals surface area contributed by atoms with Crippen molar-refractivity contribution in [2.24, 2.45) is 5.41 Å². The summed E-state index contributed by atoms with van der Waals surface area (Å²) in [7, 11) is 1.29. The minimum Gasteiger partial charge on any atom is -0.468 e. The predicted octanol–water partition coefficient (Wildman–Crippen LogP) is 5.51. The number of benzene rings is 3. The molecule has 0 unspecified atom stereocenters. The molecular formula is C28H21BrN2O3. The highest BCUT2D eigenvalue weighted by atomic mass is 79.9. The fourth-order valence-corrected chi connectivity index (χ4v) is 5.67. The molecule has 2 aliphatic heterocycles. The molecule has 0 aliphatic carbocycles. The maximum atomic E-state index is 14.0. The first-order chi connectivity index (χ1) is 16.5. The van der Waals surface area contributed by atoms with E-state index in [4.69, 9.17) is 4.74 Å². The number of halogens is 1. The highest BCUT2D eigenvalue weighted by Crippen LogP contribution is 2.60. The van der Waals surface area contributed by atoms with Gasteiger partial charge in [0.25, 0.3) is 0 Å². The van der Waals surface area contributed by atoms with Crippen molar-refractivity contribution >= 4 is 33.8 Å². The molecule has 34 heavy (non-hydrogen) atoms. The van der Waals surface area contributed by atoms with Crippen molar-refractivity contribution < 1.29 is 14.3 Å². The number of carbonyl (C=O) groups is 2. The van der Waals surface area contributed by atoms with Crippen LogP contribution in [0.1, 0.15) is 39.0 Å². The van der Waals surface area contributed by atoms with Crippen LogP contribution in [0.25, 0.3) is 6.08 Å². The largest absolute Gasteiger partial charge is 0.468 e. The fraction of sp³-hybridized carbons (Fsp3) is 0.179. The first kappa shape index (κ1) is 22.1. The van der Waals surface area contributed by atoms with Crippen LogP contribution in [0.15, 0.2) is 89.5 Å². The molecule has 0 radical (unpaired) electrons. The van der Waals surface area contributed by atoms with E-state index in [2.05, 4.69) is 22.0 Å². The summed E-state index contributed by atoms with van der Waals surface area (Å²) in [6.45, 7) is 0. The zero-order valence-electron chi connectivity index (χ0n) is 18.4. The quantitative estimate of drug-likeness (QED) is 0.340. The van der Waals surface area contributed by atoms with Crippen LogP contribution in [0.2, 0.25) is 0 Å². The van der Waals surface area contributed by atoms with Gasteiger partial charge in [-0.15, -0.1) is 0 Å². The van der Waals surface area contributed by atoms with Crippen molar-refractivity contribution in [3.8, 4) is 6.07 Å². The van der Waals surface area contributed by atoms with Gasteiger partial charge in [0, 0.05) is 22.2 Å². The van der Waals surface area contributed by atoms with Crippen LogP contribution in [0.5, 0.6) is 0 Å². The van der Waals surface area contributed by atoms with Crippen LogP contribution in [-0.2, 0) is 9.53 Å². The number of esters is 1. The normalized spacial score (nSPS) is 24.6. The Morgan fingerprint density at radius 2 is 1.68 bits per heavy atom. The molecule has 1 fully saturated rings. The Balaban J connectivity index is 1.81. The van der Waals surface area contributed by atoms with Crippen LogP contribution in [0.3, 0.4) is 0 Å². The topological polar surface area (TPSA) is 70.4 Å². The summed E-state index contributed by atoms with van der Waals surface area (Å²) in [6, 6.07) is 25.0. The Labute approximate surface area is 206 Å². The van der Waals surface area contributed by atoms with Crippen LogP contribution in [0, 0.1) is 16.7 Å². The molecule has 0 amide bonds. The summed E-state index contributed by atoms with van der Waals surface area (Å²) in [6.07, 6.45) is 3.77. The standard InChI is InChI=1S/C28H21BrN2O3/c1-34-27(33)28(17-30)23(19-11-13-21(29)14-12-19)24(25(32)20-8-3-2-4-9-20)31-16-15-18-7-5-6-10-22(18)26(28)31/h2-16,23-24,26H,1H3/t23-,24-,26-,28-/m1/s1. The molecule has 3 aromatic carbocycles. The number of hydrogen-bond donors (Lipinski definition) is 0. The SMILES string of the molecule is COC(=O)[C@]1(C#N)[C@H](c2ccc(Br)cc2)[C@H](C(=O)c2ccccc2)N2C=Cc3ccccc3[C@@H]21. The number of carbonyl (C=O) groups excluding carboxylic acids is 2. The molecule has 0 saturated carbocycles. The summed E-state index contributed by atoms with van der Waals surface area (Å²) in [5.74, 6) is -1.55. The average Bonchev–Trinajstić information content (AvgIpc) is 3.20. The number of Topliss-reactive ketones (excluding diaryl/α,β-unsaturated/α-hetero) is 1. The van der Waals surface area contributed by atoms with Crippen LogP contribution < -0.4 is 0 Å². The van der Waals surface area contributed by atoms with Gasteiger partial charge in [0.15, 0.2) is 11.2 Å². The lowest BCUT2D eigenvalue weighted by Crippen LogP contribution is -2.41. The van der Waals surface area contributed by atoms with E-state index in [1.807, 2.05) is 83.9 Å². The smallest absolute Gasteiger partial charge is 0.329 e. The van der Waals surface area contributed by atoms with Gasteiger partial charge in [0.1, 0.15) is 6.04 Å². The van der Waals surface area contributed by atoms with Gasteiger partial charge in [-0.1, -0.05) is 82.7 Å². The lowest BCUT2D eigenvalue weighted by atomic mass is 9.66. The van der Waals surface area contributed by atoms with Gasteiger partial charge in [-0.3, -0.25) is 9.59 Å². The van der Waals surface area contributed by atoms with E-state index < -0.39 is 29.4 Å². The molecule has 0 spiro atoms. The first-order valence-electron chi connectivity index (χ1n) is 10.9. The summed E-state index contributed by atoms with van der Waals surface area (Å²) < 4.78 is 6.13. The molecule has 5 nitrogen and oxygen atoms in total. The van der Waals surface area contributed by atoms with Crippen molar-refractivity contribution in [1.82, 2.24) is 4.90 Å². The van der Waals surface area contributed by atoms with Gasteiger partial charge in [-0.25, -0.2) is 0 Å². The minimum atomic E-state index is -1.64. The molecular weight excluding hydrogens is 492 g/mol. The molecule has 6 heteroatoms. The number of nitrogens with zero attached hydrogens (tertiary/aromatic N) is 2. The lowest BCUT2D eigenvalue weighted by molar-refractivity contribution is -0.151. The van der Waals surface area contributed by atoms with Gasteiger partial charge in [0.05, 0.1) is 19.2 Å². The number of hydrogen-bond acceptors (Lipinski definition) is 5. The lowest BCUT2D eigenvalue weighted by Gasteiger charge is -2.36. The third kappa shape index (κ3) is 3.19. The van der Waals surface area contributed by atoms with Gasteiger partial charge in [-0.2, -0.15) is 5.26 Å². The van der Waals surface area contributed by atoms with E-state index in [1.165, 1.54) is 7.11 Å². The zero-order valence-corrected chi connectivity index (χ0v) is 20.0. The molecule has 2 heterocycles. The summed E-state index contributed by atoms with van der Waals surface area (Å²) in [4.78, 5) is 29.5. The van der Waals surface area contributed by atoms with Crippen LogP contribution in [0.4, 0.5) is 0 Å². The molecule has 168 valence electrons. The molecule has 5 rings (SSSR count). The number of ether oxygens (including phenoxy) is 1. The number of nitriles is 1. The zero-order chi connectivity index (χ0) is 23.9. The molecule has 3 aromatic rings. The number of ketones is 1. The minimum absolute atomic E-state index is 0.149. The fourth-order valence-electron chi connectivity index (χ4n) is 5.41. The van der Waals surface area contributed by atoms with E-state index in [0.29, 0.717) is 5.56 Å². The Bertz CT molecular complexity index is 1330. The summed E-state index contributed by atoms with van der Waals surface area (Å²) in [5.41, 5.74) is 1.35. The highest BCUT2D eigenvalue weighted by molar-refractivity contribution is 9.10. The van der Waals surface area contributed by atoms with Gasteiger partial charge >= 0.3 is 5.97 Å². The first-order valence-corrected chi connectivity index (χ1v) is 11.7. The van der Waals surface area contributed by atoms with E-state index in [9.17, 15) is 14.9 Å². The van der Waals surface area contributed by atoms with Gasteiger partial charge in [-0.05, 0) is 34.9 Å². The second-order valence-electron chi connectivity index (χ2n) is 8.47. The third-order valence-electron chi connectivity index (χ3n) is 6.84. The molecule has 0 bridgehead atoms. The van der Waals surface area contributed by atoms with E-state index in [1.54, 1.807) is 12.1 Å². The van der Waals surface area contributed by atoms with Crippen molar-refractivity contribution in [3.05, 3.63) is 112 Å². The van der Waals surface area contributed by atoms with Crippen molar-refractivity contribution in [2.45, 2.75) is 18.0 Å². The van der Waals surface area contributed by atoms with E-state index in [-0.39, 0.29) is 5.78 Å². The molecule has 4 atom stereocenters. The molecule has 0 aromatic heterocycles. The third-order valence-corrected chi connectivity index (χ3v) is 7.37. The van der Waals surface area contributed by atoms with E-state index in [0.717, 1.165) is 21.2 Å². The number of methoxy groups -OCH3 is 1. The molecule has 1 saturated heterocycles. The Morgan fingerprint density at radius 3 is 2.35 bits per heavy atom. The second-order valence-corrected chi connectivity index (χ2v) is 9.39. The Kier molecular flexibility index (Phi) is 5.59. The van der Waals surface area contributed by atoms with Crippen molar-refractivity contribution in [2.75, 3.05) is 7.11 Å². The second kappa shape index (κ2) is 8.58. The van der Waals surface area contributed by atoms with Crippen molar-refractivity contribution in [3.63, 3.8) is 0 Å². The summed E-state index contributed by atoms with van der Waals surface area (Å²) in [5, 5.41) is 10.7. The van der Waals surface area contributed by atoms with Crippen molar-refractivity contribution in [1.29, 1.82) is 5.26 Å². The van der Waals surface area contributed by atoms with Gasteiger partial charge in [0.2, 0.25) is 0 Å². The Morgan fingerprint density at radius 1 is 1.00 bits per heavy atom. The van der Waals surface area contributed by atoms with Crippen LogP contribution >= 0.6 is 15.9 Å². The highest BCUT2D eigenvalue weighted by Gasteiger charge is 2.67. The van der Waals surface area contributed by atoms with Gasteiger partial charge < -0.3 is 9.64 Å². The summed E-state index contributed by atoms with van der Waals surface area (Å²) >= 11 is 3.46.